The molecule has 0 saturated carbocycles. The van der Waals surface area contributed by atoms with Crippen LogP contribution in [0.25, 0.3) is 6.08 Å². The predicted octanol–water partition coefficient (Wildman–Crippen LogP) is 6.66. The van der Waals surface area contributed by atoms with E-state index >= 15 is 0 Å². The molecule has 4 rings (SSSR count). The van der Waals surface area contributed by atoms with Crippen molar-refractivity contribution in [1.29, 1.82) is 0 Å². The van der Waals surface area contributed by atoms with Crippen LogP contribution >= 0.6 is 58.5 Å². The van der Waals surface area contributed by atoms with Crippen molar-refractivity contribution in [2.75, 3.05) is 11.9 Å². The van der Waals surface area contributed by atoms with Crippen LogP contribution in [0.5, 0.6) is 0 Å². The van der Waals surface area contributed by atoms with Gasteiger partial charge >= 0.3 is 0 Å². The summed E-state index contributed by atoms with van der Waals surface area (Å²) in [6.07, 6.45) is 4.95. The van der Waals surface area contributed by atoms with Gasteiger partial charge in [-0.3, -0.25) is 14.5 Å². The molecular weight excluding hydrogens is 529 g/mol. The van der Waals surface area contributed by atoms with Crippen LogP contribution in [0.2, 0.25) is 10.0 Å². The zero-order valence-corrected chi connectivity index (χ0v) is 21.8. The minimum atomic E-state index is -0.152. The first-order valence-electron chi connectivity index (χ1n) is 10.4. The second kappa shape index (κ2) is 11.5. The first kappa shape index (κ1) is 24.9. The third-order valence-electron chi connectivity index (χ3n) is 4.95. The van der Waals surface area contributed by atoms with Crippen LogP contribution in [0.15, 0.2) is 59.6 Å². The number of amides is 2. The smallest absolute Gasteiger partial charge is 0.266 e. The maximum atomic E-state index is 12.7. The number of aromatic nitrogens is 1. The largest absolute Gasteiger partial charge is 0.302 e. The molecule has 2 heterocycles. The summed E-state index contributed by atoms with van der Waals surface area (Å²) in [5.41, 5.74) is 1.89. The maximum Gasteiger partial charge on any atom is 0.266 e. The van der Waals surface area contributed by atoms with Crippen LogP contribution in [-0.4, -0.2) is 32.6 Å². The van der Waals surface area contributed by atoms with Gasteiger partial charge in [-0.2, -0.15) is 0 Å². The topological polar surface area (TPSA) is 62.3 Å². The molecule has 2 amide bonds. The van der Waals surface area contributed by atoms with Gasteiger partial charge in [0.1, 0.15) is 4.32 Å². The highest BCUT2D eigenvalue weighted by Gasteiger charge is 2.31. The molecule has 0 spiro atoms. The summed E-state index contributed by atoms with van der Waals surface area (Å²) in [7, 11) is 0. The van der Waals surface area contributed by atoms with E-state index in [9.17, 15) is 9.59 Å². The Kier molecular flexibility index (Phi) is 8.39. The summed E-state index contributed by atoms with van der Waals surface area (Å²) in [6, 6.07) is 14.9. The van der Waals surface area contributed by atoms with Crippen molar-refractivity contribution in [3.05, 3.63) is 85.7 Å². The van der Waals surface area contributed by atoms with Crippen LogP contribution < -0.4 is 5.32 Å². The Morgan fingerprint density at radius 1 is 1.15 bits per heavy atom. The van der Waals surface area contributed by atoms with E-state index in [2.05, 4.69) is 10.3 Å². The third kappa shape index (κ3) is 6.46. The van der Waals surface area contributed by atoms with E-state index in [1.807, 2.05) is 36.4 Å². The lowest BCUT2D eigenvalue weighted by Gasteiger charge is -2.13. The maximum absolute atomic E-state index is 12.7. The summed E-state index contributed by atoms with van der Waals surface area (Å²) in [6.45, 7) is 0.381. The molecule has 0 aliphatic carbocycles. The van der Waals surface area contributed by atoms with Crippen LogP contribution in [0.1, 0.15) is 28.8 Å². The second-order valence-corrected chi connectivity index (χ2v) is 11.1. The molecule has 2 aromatic carbocycles. The number of thioether (sulfide) groups is 1. The van der Waals surface area contributed by atoms with E-state index in [1.54, 1.807) is 29.3 Å². The Hall–Kier alpha value is -2.23. The highest BCUT2D eigenvalue weighted by atomic mass is 35.5. The molecule has 3 aromatic rings. The number of nitrogens with one attached hydrogen (secondary N) is 1. The molecule has 0 unspecified atom stereocenters. The number of anilines is 1. The molecule has 1 fully saturated rings. The normalized spacial score (nSPS) is 14.8. The van der Waals surface area contributed by atoms with Crippen molar-refractivity contribution in [2.45, 2.75) is 19.3 Å². The van der Waals surface area contributed by atoms with E-state index in [4.69, 9.17) is 35.4 Å². The molecule has 0 bridgehead atoms. The van der Waals surface area contributed by atoms with Gasteiger partial charge in [-0.1, -0.05) is 77.5 Å². The molecule has 34 heavy (non-hydrogen) atoms. The summed E-state index contributed by atoms with van der Waals surface area (Å²) >= 11 is 20.2. The number of thiocarbonyl (C=S) groups is 1. The number of hydrogen-bond donors (Lipinski definition) is 1. The fourth-order valence-corrected chi connectivity index (χ4v) is 5.75. The third-order valence-corrected chi connectivity index (χ3v) is 7.86. The fraction of sp³-hybridized carbons (Fsp3) is 0.167. The Morgan fingerprint density at radius 2 is 1.91 bits per heavy atom. The Balaban J connectivity index is 1.26. The standard InChI is InChI=1S/C24H19Cl2N3O2S3/c25-17-9-7-15(8-10-17)12-20-22(31)29(24(32)34-20)11-3-6-21(30)28-23-27-14-18(33-23)13-16-4-1-2-5-19(16)26/h1-2,4-5,7-10,12,14H,3,6,11,13H2,(H,27,28,30). The van der Waals surface area contributed by atoms with Crippen molar-refractivity contribution >= 4 is 85.9 Å². The first-order valence-corrected chi connectivity index (χ1v) is 13.2. The van der Waals surface area contributed by atoms with Crippen LogP contribution in [-0.2, 0) is 16.0 Å². The molecule has 5 nitrogen and oxygen atoms in total. The minimum absolute atomic E-state index is 0.144. The number of halogens is 2. The summed E-state index contributed by atoms with van der Waals surface area (Å²) in [4.78, 5) is 32.5. The molecule has 1 aliphatic rings. The van der Waals surface area contributed by atoms with Crippen LogP contribution in [0.4, 0.5) is 5.13 Å². The Labute approximate surface area is 221 Å². The number of nitrogens with zero attached hydrogens (tertiary/aromatic N) is 2. The molecule has 0 radical (unpaired) electrons. The Bertz CT molecular complexity index is 1260. The Morgan fingerprint density at radius 3 is 2.68 bits per heavy atom. The number of carbonyl (C=O) groups excluding carboxylic acids is 2. The number of rotatable bonds is 8. The number of thiazole rings is 1. The van der Waals surface area contributed by atoms with E-state index in [0.717, 1.165) is 16.0 Å². The van der Waals surface area contributed by atoms with E-state index < -0.39 is 0 Å². The van der Waals surface area contributed by atoms with Gasteiger partial charge in [-0.25, -0.2) is 4.98 Å². The van der Waals surface area contributed by atoms with Crippen LogP contribution in [0.3, 0.4) is 0 Å². The molecule has 174 valence electrons. The molecule has 10 heteroatoms. The van der Waals surface area contributed by atoms with Crippen molar-refractivity contribution < 1.29 is 9.59 Å². The lowest BCUT2D eigenvalue weighted by Crippen LogP contribution is -2.29. The van der Waals surface area contributed by atoms with Gasteiger partial charge in [0.15, 0.2) is 5.13 Å². The molecule has 1 saturated heterocycles. The quantitative estimate of drug-likeness (QED) is 0.252. The highest BCUT2D eigenvalue weighted by Crippen LogP contribution is 2.33. The first-order chi connectivity index (χ1) is 16.4. The van der Waals surface area contributed by atoms with E-state index in [-0.39, 0.29) is 18.2 Å². The zero-order chi connectivity index (χ0) is 24.1. The van der Waals surface area contributed by atoms with Crippen molar-refractivity contribution in [3.63, 3.8) is 0 Å². The number of hydrogen-bond acceptors (Lipinski definition) is 6. The van der Waals surface area contributed by atoms with Gasteiger partial charge in [0, 0.05) is 40.5 Å². The van der Waals surface area contributed by atoms with Crippen molar-refractivity contribution in [1.82, 2.24) is 9.88 Å². The number of carbonyl (C=O) groups is 2. The minimum Gasteiger partial charge on any atom is -0.302 e. The predicted molar refractivity (Wildman–Crippen MR) is 146 cm³/mol. The lowest BCUT2D eigenvalue weighted by atomic mass is 10.1. The highest BCUT2D eigenvalue weighted by molar-refractivity contribution is 8.26. The lowest BCUT2D eigenvalue weighted by molar-refractivity contribution is -0.122. The van der Waals surface area contributed by atoms with Gasteiger partial charge in [0.05, 0.1) is 4.91 Å². The number of benzene rings is 2. The summed E-state index contributed by atoms with van der Waals surface area (Å²) in [5, 5.41) is 4.72. The van der Waals surface area contributed by atoms with Gasteiger partial charge in [0.25, 0.3) is 5.91 Å². The molecule has 0 atom stereocenters. The average Bonchev–Trinajstić information content (AvgIpc) is 3.35. The van der Waals surface area contributed by atoms with Gasteiger partial charge in [0.2, 0.25) is 5.91 Å². The van der Waals surface area contributed by atoms with Crippen molar-refractivity contribution in [3.8, 4) is 0 Å². The molecule has 1 aliphatic heterocycles. The van der Waals surface area contributed by atoms with Crippen molar-refractivity contribution in [2.24, 2.45) is 0 Å². The second-order valence-electron chi connectivity index (χ2n) is 7.44. The molecular formula is C24H19Cl2N3O2S3. The summed E-state index contributed by atoms with van der Waals surface area (Å²) in [5.74, 6) is -0.296. The van der Waals surface area contributed by atoms with Gasteiger partial charge < -0.3 is 5.32 Å². The SMILES string of the molecule is O=C(CCCN1C(=O)C(=Cc2ccc(Cl)cc2)SC1=S)Nc1ncc(Cc2ccccc2Cl)s1. The van der Waals surface area contributed by atoms with E-state index in [0.29, 0.717) is 43.8 Å². The fourth-order valence-electron chi connectivity index (χ4n) is 3.26. The molecule has 1 N–H and O–H groups in total. The monoisotopic (exact) mass is 547 g/mol. The van der Waals surface area contributed by atoms with Gasteiger partial charge in [-0.15, -0.1) is 11.3 Å². The average molecular weight is 549 g/mol. The van der Waals surface area contributed by atoms with E-state index in [1.165, 1.54) is 23.1 Å². The van der Waals surface area contributed by atoms with Gasteiger partial charge in [-0.05, 0) is 41.8 Å². The zero-order valence-electron chi connectivity index (χ0n) is 17.8. The van der Waals surface area contributed by atoms with Crippen LogP contribution in [0, 0.1) is 0 Å². The summed E-state index contributed by atoms with van der Waals surface area (Å²) < 4.78 is 0.495. The molecule has 1 aromatic heterocycles.